The van der Waals surface area contributed by atoms with Crippen molar-refractivity contribution < 1.29 is 19.4 Å². The Kier molecular flexibility index (Phi) is 4.64. The van der Waals surface area contributed by atoms with Crippen molar-refractivity contribution in [1.82, 2.24) is 0 Å². The second kappa shape index (κ2) is 5.77. The molecule has 1 N–H and O–H groups in total. The third kappa shape index (κ3) is 2.68. The van der Waals surface area contributed by atoms with E-state index in [4.69, 9.17) is 4.74 Å². The van der Waals surface area contributed by atoms with Crippen molar-refractivity contribution in [2.45, 2.75) is 11.0 Å². The molecule has 1 aromatic carbocycles. The summed E-state index contributed by atoms with van der Waals surface area (Å²) in [5, 5.41) is 9.65. The summed E-state index contributed by atoms with van der Waals surface area (Å²) in [6.07, 6.45) is 0.647. The Morgan fingerprint density at radius 2 is 2.12 bits per heavy atom. The van der Waals surface area contributed by atoms with E-state index in [1.165, 1.54) is 18.9 Å². The van der Waals surface area contributed by atoms with Crippen molar-refractivity contribution in [1.29, 1.82) is 0 Å². The SMILES string of the molecule is COC(=O)C(O)c1ccc(OC)c(SC)c1. The third-order valence-electron chi connectivity index (χ3n) is 2.15. The summed E-state index contributed by atoms with van der Waals surface area (Å²) >= 11 is 1.48. The van der Waals surface area contributed by atoms with Crippen molar-refractivity contribution in [3.05, 3.63) is 23.8 Å². The Labute approximate surface area is 98.6 Å². The normalized spacial score (nSPS) is 12.0. The Balaban J connectivity index is 3.03. The number of carbonyl (C=O) groups is 1. The number of aliphatic hydroxyl groups excluding tert-OH is 1. The molecule has 0 bridgehead atoms. The third-order valence-corrected chi connectivity index (χ3v) is 2.91. The lowest BCUT2D eigenvalue weighted by molar-refractivity contribution is -0.150. The van der Waals surface area contributed by atoms with E-state index >= 15 is 0 Å². The molecule has 0 amide bonds. The quantitative estimate of drug-likeness (QED) is 0.642. The number of thioether (sulfide) groups is 1. The van der Waals surface area contributed by atoms with E-state index in [0.29, 0.717) is 11.3 Å². The largest absolute Gasteiger partial charge is 0.496 e. The van der Waals surface area contributed by atoms with Gasteiger partial charge in [-0.05, 0) is 24.0 Å². The standard InChI is InChI=1S/C11H14O4S/c1-14-8-5-4-7(6-9(8)16-3)10(12)11(13)15-2/h4-6,10,12H,1-3H3. The van der Waals surface area contributed by atoms with Gasteiger partial charge >= 0.3 is 5.97 Å². The van der Waals surface area contributed by atoms with E-state index < -0.39 is 12.1 Å². The molecule has 0 heterocycles. The van der Waals surface area contributed by atoms with Crippen LogP contribution in [0.1, 0.15) is 11.7 Å². The summed E-state index contributed by atoms with van der Waals surface area (Å²) in [6.45, 7) is 0. The zero-order valence-corrected chi connectivity index (χ0v) is 10.2. The van der Waals surface area contributed by atoms with E-state index in [9.17, 15) is 9.90 Å². The molecular formula is C11H14O4S. The minimum atomic E-state index is -1.25. The number of aliphatic hydroxyl groups is 1. The lowest BCUT2D eigenvalue weighted by Crippen LogP contribution is -2.13. The highest BCUT2D eigenvalue weighted by molar-refractivity contribution is 7.98. The van der Waals surface area contributed by atoms with Gasteiger partial charge in [0.15, 0.2) is 6.10 Å². The Bertz CT molecular complexity index is 378. The maximum Gasteiger partial charge on any atom is 0.339 e. The van der Waals surface area contributed by atoms with Gasteiger partial charge in [-0.1, -0.05) is 6.07 Å². The minimum absolute atomic E-state index is 0.497. The van der Waals surface area contributed by atoms with E-state index in [1.54, 1.807) is 25.3 Å². The molecular weight excluding hydrogens is 228 g/mol. The predicted molar refractivity (Wildman–Crippen MR) is 61.8 cm³/mol. The van der Waals surface area contributed by atoms with Crippen LogP contribution < -0.4 is 4.74 Å². The fourth-order valence-electron chi connectivity index (χ4n) is 1.27. The summed E-state index contributed by atoms with van der Waals surface area (Å²) in [7, 11) is 2.82. The van der Waals surface area contributed by atoms with Crippen LogP contribution in [0.4, 0.5) is 0 Å². The van der Waals surface area contributed by atoms with Crippen LogP contribution in [0.3, 0.4) is 0 Å². The van der Waals surface area contributed by atoms with Gasteiger partial charge in [-0.3, -0.25) is 0 Å². The molecule has 0 aliphatic carbocycles. The van der Waals surface area contributed by atoms with Crippen molar-refractivity contribution >= 4 is 17.7 Å². The van der Waals surface area contributed by atoms with E-state index in [2.05, 4.69) is 4.74 Å². The maximum absolute atomic E-state index is 11.2. The first-order valence-corrected chi connectivity index (χ1v) is 5.84. The summed E-state index contributed by atoms with van der Waals surface area (Å²) in [4.78, 5) is 12.0. The van der Waals surface area contributed by atoms with Crippen LogP contribution in [-0.4, -0.2) is 31.6 Å². The Hall–Kier alpha value is -1.20. The molecule has 0 saturated carbocycles. The average Bonchev–Trinajstić information content (AvgIpc) is 2.35. The summed E-state index contributed by atoms with van der Waals surface area (Å²) in [5.41, 5.74) is 0.497. The minimum Gasteiger partial charge on any atom is -0.496 e. The molecule has 0 aromatic heterocycles. The van der Waals surface area contributed by atoms with Gasteiger partial charge in [0.1, 0.15) is 5.75 Å². The zero-order valence-electron chi connectivity index (χ0n) is 9.39. The molecule has 0 radical (unpaired) electrons. The highest BCUT2D eigenvalue weighted by Crippen LogP contribution is 2.30. The number of carbonyl (C=O) groups excluding carboxylic acids is 1. The molecule has 0 fully saturated rings. The van der Waals surface area contributed by atoms with Gasteiger partial charge < -0.3 is 14.6 Å². The van der Waals surface area contributed by atoms with E-state index in [0.717, 1.165) is 4.90 Å². The molecule has 5 heteroatoms. The lowest BCUT2D eigenvalue weighted by Gasteiger charge is -2.12. The fourth-order valence-corrected chi connectivity index (χ4v) is 1.88. The van der Waals surface area contributed by atoms with Gasteiger partial charge in [0.25, 0.3) is 0 Å². The second-order valence-electron chi connectivity index (χ2n) is 3.04. The molecule has 88 valence electrons. The number of esters is 1. The molecule has 1 rings (SSSR count). The summed E-state index contributed by atoms with van der Waals surface area (Å²) in [5.74, 6) is 0.0468. The average molecular weight is 242 g/mol. The molecule has 0 aliphatic rings. The van der Waals surface area contributed by atoms with Crippen LogP contribution >= 0.6 is 11.8 Å². The monoisotopic (exact) mass is 242 g/mol. The van der Waals surface area contributed by atoms with Gasteiger partial charge in [0, 0.05) is 4.90 Å². The molecule has 1 aromatic rings. The van der Waals surface area contributed by atoms with Gasteiger partial charge in [-0.25, -0.2) is 4.79 Å². The van der Waals surface area contributed by atoms with Gasteiger partial charge in [0.05, 0.1) is 14.2 Å². The molecule has 1 unspecified atom stereocenters. The van der Waals surface area contributed by atoms with Crippen LogP contribution in [0, 0.1) is 0 Å². The molecule has 4 nitrogen and oxygen atoms in total. The van der Waals surface area contributed by atoms with Gasteiger partial charge in [-0.2, -0.15) is 0 Å². The van der Waals surface area contributed by atoms with Gasteiger partial charge in [0.2, 0.25) is 0 Å². The number of ether oxygens (including phenoxy) is 2. The van der Waals surface area contributed by atoms with Crippen molar-refractivity contribution in [3.8, 4) is 5.75 Å². The number of benzene rings is 1. The molecule has 0 aliphatic heterocycles. The number of hydrogen-bond acceptors (Lipinski definition) is 5. The van der Waals surface area contributed by atoms with E-state index in [-0.39, 0.29) is 0 Å². The number of methoxy groups -OCH3 is 2. The summed E-state index contributed by atoms with van der Waals surface area (Å²) in [6, 6.07) is 5.07. The highest BCUT2D eigenvalue weighted by Gasteiger charge is 2.18. The zero-order chi connectivity index (χ0) is 12.1. The van der Waals surface area contributed by atoms with Crippen molar-refractivity contribution in [3.63, 3.8) is 0 Å². The number of hydrogen-bond donors (Lipinski definition) is 1. The lowest BCUT2D eigenvalue weighted by atomic mass is 10.1. The van der Waals surface area contributed by atoms with E-state index in [1.807, 2.05) is 6.26 Å². The van der Waals surface area contributed by atoms with Crippen molar-refractivity contribution in [2.24, 2.45) is 0 Å². The first-order chi connectivity index (χ1) is 7.63. The van der Waals surface area contributed by atoms with Crippen LogP contribution in [-0.2, 0) is 9.53 Å². The van der Waals surface area contributed by atoms with Crippen LogP contribution in [0.15, 0.2) is 23.1 Å². The Morgan fingerprint density at radius 1 is 1.44 bits per heavy atom. The fraction of sp³-hybridized carbons (Fsp3) is 0.364. The first-order valence-electron chi connectivity index (χ1n) is 4.61. The van der Waals surface area contributed by atoms with Gasteiger partial charge in [-0.15, -0.1) is 11.8 Å². The van der Waals surface area contributed by atoms with Crippen LogP contribution in [0.2, 0.25) is 0 Å². The smallest absolute Gasteiger partial charge is 0.339 e. The molecule has 0 saturated heterocycles. The van der Waals surface area contributed by atoms with Crippen LogP contribution in [0.25, 0.3) is 0 Å². The second-order valence-corrected chi connectivity index (χ2v) is 3.89. The summed E-state index contributed by atoms with van der Waals surface area (Å²) < 4.78 is 9.61. The van der Waals surface area contributed by atoms with Crippen LogP contribution in [0.5, 0.6) is 5.75 Å². The maximum atomic E-state index is 11.2. The molecule has 0 spiro atoms. The van der Waals surface area contributed by atoms with Crippen molar-refractivity contribution in [2.75, 3.05) is 20.5 Å². The molecule has 1 atom stereocenters. The topological polar surface area (TPSA) is 55.8 Å². The highest BCUT2D eigenvalue weighted by atomic mass is 32.2. The Morgan fingerprint density at radius 3 is 2.62 bits per heavy atom. The first kappa shape index (κ1) is 12.9. The molecule has 16 heavy (non-hydrogen) atoms. The predicted octanol–water partition coefficient (Wildman–Crippen LogP) is 1.62. The number of rotatable bonds is 4.